The van der Waals surface area contributed by atoms with Crippen LogP contribution in [0.3, 0.4) is 0 Å². The minimum atomic E-state index is -1.19. The number of benzene rings is 2. The normalized spacial score (nSPS) is 24.1. The van der Waals surface area contributed by atoms with Crippen molar-refractivity contribution in [3.05, 3.63) is 98.7 Å². The number of pyridine rings is 1. The van der Waals surface area contributed by atoms with Crippen molar-refractivity contribution in [2.75, 3.05) is 13.7 Å². The van der Waals surface area contributed by atoms with Gasteiger partial charge in [-0.15, -0.1) is 0 Å². The smallest absolute Gasteiger partial charge is 0.271 e. The molecular weight excluding hydrogens is 581 g/mol. The summed E-state index contributed by atoms with van der Waals surface area (Å²) in [6.45, 7) is 1.44. The Morgan fingerprint density at radius 2 is 1.80 bits per heavy atom. The zero-order valence-corrected chi connectivity index (χ0v) is 23.9. The molecule has 0 saturated carbocycles. The first-order valence-electron chi connectivity index (χ1n) is 14.0. The van der Waals surface area contributed by atoms with E-state index < -0.39 is 64.0 Å². The number of aromatic nitrogens is 1. The SMILES string of the molecule is COc1ccc(CC2(C)CCC3(CC(=O)NO3)C3CN2C(=O)c2cc(=O)c(C(=O)NCc4c(F)cc(F)cc4F)cn23)cc1. The first-order chi connectivity index (χ1) is 20.9. The van der Waals surface area contributed by atoms with Gasteiger partial charge in [-0.3, -0.25) is 24.0 Å². The molecule has 1 spiro atoms. The number of nitrogens with one attached hydrogen (secondary N) is 2. The maximum absolute atomic E-state index is 14.1. The van der Waals surface area contributed by atoms with Crippen molar-refractivity contribution in [3.63, 3.8) is 0 Å². The molecule has 2 bridgehead atoms. The van der Waals surface area contributed by atoms with Gasteiger partial charge in [0.15, 0.2) is 5.43 Å². The number of carbonyl (C=O) groups is 3. The quantitative estimate of drug-likeness (QED) is 0.443. The molecule has 2 N–H and O–H groups in total. The monoisotopic (exact) mass is 610 g/mol. The zero-order chi connectivity index (χ0) is 31.4. The summed E-state index contributed by atoms with van der Waals surface area (Å²) in [7, 11) is 1.57. The molecule has 10 nitrogen and oxygen atoms in total. The predicted molar refractivity (Wildman–Crippen MR) is 149 cm³/mol. The molecule has 0 radical (unpaired) electrons. The minimum absolute atomic E-state index is 0.00543. The Hall–Kier alpha value is -4.65. The molecule has 1 aromatic heterocycles. The van der Waals surface area contributed by atoms with Gasteiger partial charge in [-0.1, -0.05) is 12.1 Å². The fraction of sp³-hybridized carbons (Fsp3) is 0.355. The third kappa shape index (κ3) is 5.00. The Balaban J connectivity index is 1.36. The fourth-order valence-corrected chi connectivity index (χ4v) is 6.50. The minimum Gasteiger partial charge on any atom is -0.497 e. The highest BCUT2D eigenvalue weighted by atomic mass is 19.1. The molecule has 44 heavy (non-hydrogen) atoms. The van der Waals surface area contributed by atoms with Gasteiger partial charge in [-0.05, 0) is 43.9 Å². The number of rotatable bonds is 6. The van der Waals surface area contributed by atoms with E-state index in [-0.39, 0.29) is 30.1 Å². The van der Waals surface area contributed by atoms with E-state index in [1.807, 2.05) is 31.2 Å². The summed E-state index contributed by atoms with van der Waals surface area (Å²) in [5.74, 6) is -4.51. The van der Waals surface area contributed by atoms with Crippen LogP contribution in [0.4, 0.5) is 13.2 Å². The summed E-state index contributed by atoms with van der Waals surface area (Å²) >= 11 is 0. The number of fused-ring (bicyclic) bond motifs is 5. The summed E-state index contributed by atoms with van der Waals surface area (Å²) in [6, 6.07) is 8.88. The van der Waals surface area contributed by atoms with E-state index in [2.05, 4.69) is 10.8 Å². The number of amides is 3. The van der Waals surface area contributed by atoms with Crippen molar-refractivity contribution < 1.29 is 37.1 Å². The van der Waals surface area contributed by atoms with Crippen LogP contribution in [0, 0.1) is 17.5 Å². The van der Waals surface area contributed by atoms with Crippen LogP contribution in [0.2, 0.25) is 0 Å². The lowest BCUT2D eigenvalue weighted by molar-refractivity contribution is -0.128. The van der Waals surface area contributed by atoms with Crippen molar-refractivity contribution in [1.82, 2.24) is 20.3 Å². The number of hydrogen-bond donors (Lipinski definition) is 2. The molecule has 2 fully saturated rings. The average Bonchev–Trinajstić information content (AvgIpc) is 3.32. The molecule has 4 heterocycles. The van der Waals surface area contributed by atoms with E-state index in [9.17, 15) is 32.3 Å². The van der Waals surface area contributed by atoms with Crippen molar-refractivity contribution in [2.24, 2.45) is 0 Å². The lowest BCUT2D eigenvalue weighted by atomic mass is 9.82. The third-order valence-electron chi connectivity index (χ3n) is 8.93. The third-order valence-corrected chi connectivity index (χ3v) is 8.93. The highest BCUT2D eigenvalue weighted by Gasteiger charge is 2.57. The topological polar surface area (TPSA) is 119 Å². The Morgan fingerprint density at radius 3 is 2.43 bits per heavy atom. The van der Waals surface area contributed by atoms with E-state index in [4.69, 9.17) is 9.57 Å². The number of carbonyl (C=O) groups excluding carboxylic acids is 3. The number of nitrogens with zero attached hydrogens (tertiary/aromatic N) is 2. The van der Waals surface area contributed by atoms with Gasteiger partial charge in [-0.25, -0.2) is 18.7 Å². The molecule has 13 heteroatoms. The maximum Gasteiger partial charge on any atom is 0.271 e. The van der Waals surface area contributed by atoms with Gasteiger partial charge < -0.3 is 19.5 Å². The van der Waals surface area contributed by atoms with Crippen LogP contribution in [0.15, 0.2) is 53.5 Å². The average molecular weight is 611 g/mol. The molecule has 3 aromatic rings. The number of ether oxygens (including phenoxy) is 1. The number of methoxy groups -OCH3 is 1. The van der Waals surface area contributed by atoms with E-state index in [1.165, 1.54) is 10.8 Å². The first-order valence-corrected chi connectivity index (χ1v) is 14.0. The van der Waals surface area contributed by atoms with Gasteiger partial charge in [0.1, 0.15) is 40.1 Å². The Labute approximate surface area is 249 Å². The number of halogens is 3. The molecule has 3 aliphatic rings. The molecule has 2 aromatic carbocycles. The fourth-order valence-electron chi connectivity index (χ4n) is 6.50. The van der Waals surface area contributed by atoms with Crippen LogP contribution in [-0.4, -0.2) is 52.0 Å². The summed E-state index contributed by atoms with van der Waals surface area (Å²) in [6.07, 6.45) is 2.55. The van der Waals surface area contributed by atoms with Gasteiger partial charge in [0.2, 0.25) is 5.91 Å². The Morgan fingerprint density at radius 1 is 1.09 bits per heavy atom. The summed E-state index contributed by atoms with van der Waals surface area (Å²) in [5, 5.41) is 2.30. The molecule has 3 amide bonds. The van der Waals surface area contributed by atoms with Crippen molar-refractivity contribution in [1.29, 1.82) is 0 Å². The second-order valence-electron chi connectivity index (χ2n) is 11.7. The van der Waals surface area contributed by atoms with Crippen molar-refractivity contribution in [3.8, 4) is 5.75 Å². The summed E-state index contributed by atoms with van der Waals surface area (Å²) in [4.78, 5) is 60.4. The van der Waals surface area contributed by atoms with E-state index in [0.29, 0.717) is 37.1 Å². The van der Waals surface area contributed by atoms with Crippen LogP contribution in [-0.2, 0) is 22.6 Å². The molecule has 0 aliphatic carbocycles. The van der Waals surface area contributed by atoms with Gasteiger partial charge in [0.25, 0.3) is 11.8 Å². The molecule has 3 atom stereocenters. The summed E-state index contributed by atoms with van der Waals surface area (Å²) < 4.78 is 48.3. The highest BCUT2D eigenvalue weighted by Crippen LogP contribution is 2.47. The Kier molecular flexibility index (Phi) is 7.23. The maximum atomic E-state index is 14.1. The first kappa shape index (κ1) is 29.4. The van der Waals surface area contributed by atoms with Gasteiger partial charge in [-0.2, -0.15) is 0 Å². The summed E-state index contributed by atoms with van der Waals surface area (Å²) in [5.41, 5.74) is -0.139. The molecular formula is C31H29F3N4O6. The lowest BCUT2D eigenvalue weighted by Crippen LogP contribution is -2.57. The zero-order valence-electron chi connectivity index (χ0n) is 23.9. The number of hydrogen-bond acceptors (Lipinski definition) is 6. The molecule has 230 valence electrons. The van der Waals surface area contributed by atoms with Crippen LogP contribution < -0.4 is 21.0 Å². The molecule has 2 saturated heterocycles. The van der Waals surface area contributed by atoms with Crippen LogP contribution in [0.5, 0.6) is 5.75 Å². The van der Waals surface area contributed by atoms with E-state index in [0.717, 1.165) is 11.6 Å². The van der Waals surface area contributed by atoms with Gasteiger partial charge in [0, 0.05) is 48.6 Å². The Bertz CT molecular complexity index is 1720. The van der Waals surface area contributed by atoms with Gasteiger partial charge in [0.05, 0.1) is 19.6 Å². The van der Waals surface area contributed by atoms with Crippen LogP contribution in [0.25, 0.3) is 0 Å². The van der Waals surface area contributed by atoms with Crippen LogP contribution >= 0.6 is 0 Å². The van der Waals surface area contributed by atoms with Crippen LogP contribution in [0.1, 0.15) is 64.2 Å². The standard InChI is InChI=1S/C31H29F3N4O6/c1-30(12-17-3-5-19(43-2)6-4-17)7-8-31(13-27(40)36-44-31)26-16-38(30)29(42)24-11-25(39)21(15-37(24)26)28(41)35-14-20-22(33)9-18(32)10-23(20)34/h3-6,9-11,15,26H,7-8,12-14,16H2,1-2H3,(H,35,41)(H,36,40). The van der Waals surface area contributed by atoms with Gasteiger partial charge >= 0.3 is 0 Å². The van der Waals surface area contributed by atoms with Crippen molar-refractivity contribution >= 4 is 17.7 Å². The molecule has 6 rings (SSSR count). The van der Waals surface area contributed by atoms with Crippen molar-refractivity contribution in [2.45, 2.75) is 56.3 Å². The second-order valence-corrected chi connectivity index (χ2v) is 11.7. The second kappa shape index (κ2) is 10.8. The molecule has 3 aliphatic heterocycles. The van der Waals surface area contributed by atoms with E-state index in [1.54, 1.807) is 12.0 Å². The highest BCUT2D eigenvalue weighted by molar-refractivity contribution is 5.97. The van der Waals surface area contributed by atoms with E-state index >= 15 is 0 Å². The lowest BCUT2D eigenvalue weighted by Gasteiger charge is -2.45. The largest absolute Gasteiger partial charge is 0.497 e. The predicted octanol–water partition coefficient (Wildman–Crippen LogP) is 3.19. The molecule has 3 unspecified atom stereocenters. The number of hydroxylamine groups is 1.